The Bertz CT molecular complexity index is 542. The van der Waals surface area contributed by atoms with Crippen molar-refractivity contribution >= 4 is 5.91 Å². The number of rotatable bonds is 16. The number of nitrogens with one attached hydrogen (secondary N) is 1. The van der Waals surface area contributed by atoms with Crippen molar-refractivity contribution < 1.29 is 55.1 Å². The minimum Gasteiger partial charge on any atom is -0.394 e. The fourth-order valence-electron chi connectivity index (χ4n) is 3.46. The molecule has 0 saturated carbocycles. The summed E-state index contributed by atoms with van der Waals surface area (Å²) in [7, 11) is 0. The number of amides is 1. The van der Waals surface area contributed by atoms with E-state index in [1.165, 1.54) is 0 Å². The third kappa shape index (κ3) is 9.30. The molecular formula is C20H40N2O11. The van der Waals surface area contributed by atoms with Crippen LogP contribution in [0.15, 0.2) is 0 Å². The average Bonchev–Trinajstić information content (AvgIpc) is 2.82. The zero-order chi connectivity index (χ0) is 25.0. The molecule has 13 nitrogen and oxygen atoms in total. The van der Waals surface area contributed by atoms with Gasteiger partial charge in [0, 0.05) is 6.54 Å². The van der Waals surface area contributed by atoms with Crippen LogP contribution >= 0.6 is 0 Å². The van der Waals surface area contributed by atoms with Crippen LogP contribution in [0.1, 0.15) is 38.5 Å². The molecule has 1 saturated heterocycles. The molecule has 1 rings (SSSR count). The number of carbonyl (C=O) groups excluding carboxylic acids is 1. The Balaban J connectivity index is 2.63. The molecule has 1 heterocycles. The molecule has 0 aromatic heterocycles. The molecule has 1 aliphatic heterocycles. The van der Waals surface area contributed by atoms with Crippen LogP contribution < -0.4 is 11.1 Å². The fourth-order valence-corrected chi connectivity index (χ4v) is 3.46. The minimum absolute atomic E-state index is 0.250. The largest absolute Gasteiger partial charge is 0.394 e. The lowest BCUT2D eigenvalue weighted by Crippen LogP contribution is -2.62. The van der Waals surface area contributed by atoms with Crippen molar-refractivity contribution in [3.05, 3.63) is 0 Å². The van der Waals surface area contributed by atoms with Crippen LogP contribution in [0.4, 0.5) is 0 Å². The molecule has 1 amide bonds. The fraction of sp³-hybridized carbons (Fsp3) is 0.950. The Morgan fingerprint density at radius 1 is 0.939 bits per heavy atom. The Morgan fingerprint density at radius 3 is 2.12 bits per heavy atom. The van der Waals surface area contributed by atoms with Crippen molar-refractivity contribution in [1.82, 2.24) is 5.32 Å². The van der Waals surface area contributed by atoms with Crippen LogP contribution in [0.5, 0.6) is 0 Å². The molecule has 0 aliphatic carbocycles. The topological polar surface area (TPSA) is 235 Å². The van der Waals surface area contributed by atoms with Gasteiger partial charge in [-0.3, -0.25) is 4.79 Å². The molecule has 0 bridgehead atoms. The quantitative estimate of drug-likeness (QED) is 0.0936. The number of hydrogen-bond donors (Lipinski definition) is 10. The van der Waals surface area contributed by atoms with Crippen molar-refractivity contribution in [3.63, 3.8) is 0 Å². The van der Waals surface area contributed by atoms with Gasteiger partial charge in [0.05, 0.1) is 13.2 Å². The highest BCUT2D eigenvalue weighted by Crippen LogP contribution is 2.25. The summed E-state index contributed by atoms with van der Waals surface area (Å²) in [5, 5.41) is 81.4. The maximum Gasteiger partial charge on any atom is 0.251 e. The zero-order valence-corrected chi connectivity index (χ0v) is 18.6. The first kappa shape index (κ1) is 30.1. The number of aliphatic hydroxyl groups excluding tert-OH is 8. The van der Waals surface area contributed by atoms with Crippen molar-refractivity contribution in [1.29, 1.82) is 0 Å². The van der Waals surface area contributed by atoms with Gasteiger partial charge in [0.1, 0.15) is 42.7 Å². The van der Waals surface area contributed by atoms with E-state index in [1.807, 2.05) is 0 Å². The smallest absolute Gasteiger partial charge is 0.251 e. The van der Waals surface area contributed by atoms with Crippen LogP contribution in [0.3, 0.4) is 0 Å². The van der Waals surface area contributed by atoms with E-state index in [-0.39, 0.29) is 6.54 Å². The molecule has 0 spiro atoms. The molecule has 1 aliphatic rings. The maximum absolute atomic E-state index is 12.2. The lowest BCUT2D eigenvalue weighted by molar-refractivity contribution is -0.326. The number of aliphatic hydroxyl groups is 8. The first-order chi connectivity index (χ1) is 15.7. The van der Waals surface area contributed by atoms with Crippen molar-refractivity contribution in [2.45, 2.75) is 93.6 Å². The van der Waals surface area contributed by atoms with Crippen molar-refractivity contribution in [3.8, 4) is 0 Å². The summed E-state index contributed by atoms with van der Waals surface area (Å²) in [6, 6.07) is 0. The van der Waals surface area contributed by atoms with E-state index in [4.69, 9.17) is 15.2 Å². The second-order valence-corrected chi connectivity index (χ2v) is 8.18. The molecule has 196 valence electrons. The second-order valence-electron chi connectivity index (χ2n) is 8.18. The van der Waals surface area contributed by atoms with Crippen LogP contribution in [-0.4, -0.2) is 128 Å². The summed E-state index contributed by atoms with van der Waals surface area (Å²) in [5.74, 6) is -0.932. The Morgan fingerprint density at radius 2 is 1.55 bits per heavy atom. The van der Waals surface area contributed by atoms with Crippen LogP contribution in [-0.2, 0) is 14.3 Å². The number of nitrogens with two attached hydrogens (primary N) is 1. The molecular weight excluding hydrogens is 444 g/mol. The highest BCUT2D eigenvalue weighted by atomic mass is 16.7. The van der Waals surface area contributed by atoms with Gasteiger partial charge in [-0.2, -0.15) is 0 Å². The number of carbonyl (C=O) groups is 1. The van der Waals surface area contributed by atoms with Gasteiger partial charge >= 0.3 is 0 Å². The first-order valence-corrected chi connectivity index (χ1v) is 11.3. The van der Waals surface area contributed by atoms with Gasteiger partial charge in [-0.05, 0) is 19.4 Å². The van der Waals surface area contributed by atoms with Gasteiger partial charge in [-0.15, -0.1) is 0 Å². The monoisotopic (exact) mass is 484 g/mol. The Kier molecular flexibility index (Phi) is 14.4. The van der Waals surface area contributed by atoms with E-state index >= 15 is 0 Å². The van der Waals surface area contributed by atoms with E-state index in [0.717, 1.165) is 32.1 Å². The summed E-state index contributed by atoms with van der Waals surface area (Å²) in [5.41, 5.74) is 5.43. The lowest BCUT2D eigenvalue weighted by atomic mass is 9.98. The molecule has 0 aromatic carbocycles. The Hall–Kier alpha value is -0.970. The zero-order valence-electron chi connectivity index (χ0n) is 18.6. The first-order valence-electron chi connectivity index (χ1n) is 11.3. The molecule has 0 aromatic rings. The predicted octanol–water partition coefficient (Wildman–Crippen LogP) is -4.34. The molecule has 11 N–H and O–H groups in total. The molecule has 1 fully saturated rings. The second kappa shape index (κ2) is 15.8. The van der Waals surface area contributed by atoms with Crippen LogP contribution in [0.2, 0.25) is 0 Å². The number of hydrogen-bond acceptors (Lipinski definition) is 12. The highest BCUT2D eigenvalue weighted by molar-refractivity contribution is 5.81. The van der Waals surface area contributed by atoms with E-state index < -0.39 is 74.2 Å². The Labute approximate surface area is 192 Å². The lowest BCUT2D eigenvalue weighted by Gasteiger charge is -2.42. The van der Waals surface area contributed by atoms with Crippen LogP contribution in [0, 0.1) is 0 Å². The normalized spacial score (nSPS) is 29.3. The van der Waals surface area contributed by atoms with E-state index in [9.17, 15) is 45.6 Å². The predicted molar refractivity (Wildman–Crippen MR) is 114 cm³/mol. The molecule has 9 atom stereocenters. The van der Waals surface area contributed by atoms with Gasteiger partial charge in [0.15, 0.2) is 12.4 Å². The molecule has 33 heavy (non-hydrogen) atoms. The maximum atomic E-state index is 12.2. The van der Waals surface area contributed by atoms with Gasteiger partial charge < -0.3 is 61.4 Å². The van der Waals surface area contributed by atoms with Gasteiger partial charge in [-0.25, -0.2) is 0 Å². The molecule has 2 unspecified atom stereocenters. The SMILES string of the molecule is NCCCCCCCCNC(=O)[C@H](O)[C@@H](O)[C@@H](O[C@@H]1O[C@@H](CO)[C@H](O)C(O)C1O)[C@H](O)CO. The van der Waals surface area contributed by atoms with Gasteiger partial charge in [0.2, 0.25) is 0 Å². The van der Waals surface area contributed by atoms with E-state index in [1.54, 1.807) is 0 Å². The number of unbranched alkanes of at least 4 members (excludes halogenated alkanes) is 5. The molecule has 13 heteroatoms. The number of ether oxygens (including phenoxy) is 2. The third-order valence-electron chi connectivity index (χ3n) is 5.56. The summed E-state index contributed by atoms with van der Waals surface area (Å²) in [4.78, 5) is 12.2. The molecule has 0 radical (unpaired) electrons. The van der Waals surface area contributed by atoms with E-state index in [0.29, 0.717) is 13.0 Å². The summed E-state index contributed by atoms with van der Waals surface area (Å²) >= 11 is 0. The summed E-state index contributed by atoms with van der Waals surface area (Å²) in [6.45, 7) is -0.765. The standard InChI is InChI=1S/C20H40N2O11/c21-7-5-3-1-2-4-6-8-22-19(31)16(29)15(28)18(11(25)9-23)33-20-17(30)14(27)13(26)12(10-24)32-20/h11-18,20,23-30H,1-10,21H2,(H,22,31)/t11-,12+,13+,14?,15-,16-,17?,18+,20+/m1/s1. The minimum atomic E-state index is -2.05. The van der Waals surface area contributed by atoms with Gasteiger partial charge in [-0.1, -0.05) is 25.7 Å². The van der Waals surface area contributed by atoms with Crippen molar-refractivity contribution in [2.24, 2.45) is 5.73 Å². The third-order valence-corrected chi connectivity index (χ3v) is 5.56. The average molecular weight is 485 g/mol. The summed E-state index contributed by atoms with van der Waals surface area (Å²) < 4.78 is 10.4. The van der Waals surface area contributed by atoms with Gasteiger partial charge in [0.25, 0.3) is 5.91 Å². The highest BCUT2D eigenvalue weighted by Gasteiger charge is 2.47. The van der Waals surface area contributed by atoms with Crippen LogP contribution in [0.25, 0.3) is 0 Å². The van der Waals surface area contributed by atoms with E-state index in [2.05, 4.69) is 5.32 Å². The summed E-state index contributed by atoms with van der Waals surface area (Å²) in [6.07, 6.45) is -10.6. The van der Waals surface area contributed by atoms with Crippen molar-refractivity contribution in [2.75, 3.05) is 26.3 Å².